The van der Waals surface area contributed by atoms with E-state index in [1.807, 2.05) is 0 Å². The van der Waals surface area contributed by atoms with Crippen LogP contribution in [0.3, 0.4) is 0 Å². The molecule has 160 valence electrons. The molecule has 5 nitrogen and oxygen atoms in total. The van der Waals surface area contributed by atoms with Gasteiger partial charge >= 0.3 is 0 Å². The predicted octanol–water partition coefficient (Wildman–Crippen LogP) is 4.48. The van der Waals surface area contributed by atoms with Gasteiger partial charge in [0.1, 0.15) is 5.01 Å². The summed E-state index contributed by atoms with van der Waals surface area (Å²) < 4.78 is 0. The van der Waals surface area contributed by atoms with Gasteiger partial charge in [0, 0.05) is 31.6 Å². The van der Waals surface area contributed by atoms with Gasteiger partial charge in [0.25, 0.3) is 0 Å². The first-order chi connectivity index (χ1) is 13.5. The molecule has 0 aliphatic carbocycles. The lowest BCUT2D eigenvalue weighted by Crippen LogP contribution is -2.36. The van der Waals surface area contributed by atoms with Crippen LogP contribution in [0, 0.1) is 19.8 Å². The number of nitrogens with zero attached hydrogens (tertiary/aromatic N) is 3. The maximum atomic E-state index is 4.57. The molecule has 3 rings (SSSR count). The lowest BCUT2D eigenvalue weighted by molar-refractivity contribution is 0.176. The van der Waals surface area contributed by atoms with Crippen LogP contribution in [0.25, 0.3) is 0 Å². The number of likely N-dealkylation sites (tertiary alicyclic amines) is 1. The van der Waals surface area contributed by atoms with Crippen LogP contribution >= 0.6 is 35.3 Å². The number of rotatable bonds is 6. The fourth-order valence-corrected chi connectivity index (χ4v) is 4.51. The number of guanidine groups is 1. The molecule has 1 aromatic heterocycles. The first-order valence-corrected chi connectivity index (χ1v) is 11.0. The molecule has 1 saturated heterocycles. The number of nitrogens with one attached hydrogen (secondary N) is 2. The minimum absolute atomic E-state index is 0. The standard InChI is InChI=1S/C22H33N5S.HI/c1-16-6-5-11-27(14-16)15-20-9-7-19(8-10-20)12-24-22(23-4)25-13-21-26-17(2)18(3)28-21;/h7-10,16H,5-6,11-15H2,1-4H3,(H2,23,24,25);1H. The molecule has 0 amide bonds. The van der Waals surface area contributed by atoms with Crippen molar-refractivity contribution in [1.29, 1.82) is 0 Å². The highest BCUT2D eigenvalue weighted by atomic mass is 127. The average Bonchev–Trinajstić information content (AvgIpc) is 3.01. The second-order valence-electron chi connectivity index (χ2n) is 7.83. The number of hydrogen-bond acceptors (Lipinski definition) is 4. The quantitative estimate of drug-likeness (QED) is 0.331. The van der Waals surface area contributed by atoms with E-state index in [0.29, 0.717) is 6.54 Å². The molecule has 7 heteroatoms. The summed E-state index contributed by atoms with van der Waals surface area (Å²) in [5, 5.41) is 7.83. The average molecular weight is 528 g/mol. The minimum atomic E-state index is 0. The summed E-state index contributed by atoms with van der Waals surface area (Å²) >= 11 is 1.74. The zero-order valence-electron chi connectivity index (χ0n) is 18.0. The van der Waals surface area contributed by atoms with Crippen LogP contribution in [0.4, 0.5) is 0 Å². The van der Waals surface area contributed by atoms with Crippen LogP contribution in [-0.2, 0) is 19.6 Å². The molecule has 2 heterocycles. The predicted molar refractivity (Wildman–Crippen MR) is 134 cm³/mol. The van der Waals surface area contributed by atoms with Gasteiger partial charge in [-0.2, -0.15) is 0 Å². The van der Waals surface area contributed by atoms with Crippen molar-refractivity contribution in [3.05, 3.63) is 51.0 Å². The molecule has 0 spiro atoms. The van der Waals surface area contributed by atoms with E-state index in [0.717, 1.165) is 35.7 Å². The molecule has 1 fully saturated rings. The van der Waals surface area contributed by atoms with Crippen LogP contribution in [-0.4, -0.2) is 36.0 Å². The van der Waals surface area contributed by atoms with Gasteiger partial charge in [-0.1, -0.05) is 31.2 Å². The van der Waals surface area contributed by atoms with Gasteiger partial charge in [0.2, 0.25) is 0 Å². The fourth-order valence-electron chi connectivity index (χ4n) is 3.63. The largest absolute Gasteiger partial charge is 0.352 e. The number of thiazole rings is 1. The zero-order valence-corrected chi connectivity index (χ0v) is 21.1. The Balaban J connectivity index is 0.00000300. The van der Waals surface area contributed by atoms with E-state index >= 15 is 0 Å². The summed E-state index contributed by atoms with van der Waals surface area (Å²) in [5.74, 6) is 1.63. The molecule has 1 atom stereocenters. The molecule has 0 bridgehead atoms. The van der Waals surface area contributed by atoms with Crippen molar-refractivity contribution in [2.75, 3.05) is 20.1 Å². The van der Waals surface area contributed by atoms with E-state index in [9.17, 15) is 0 Å². The summed E-state index contributed by atoms with van der Waals surface area (Å²) in [4.78, 5) is 12.7. The Hall–Kier alpha value is -1.19. The number of hydrogen-bond donors (Lipinski definition) is 2. The van der Waals surface area contributed by atoms with Crippen molar-refractivity contribution in [1.82, 2.24) is 20.5 Å². The van der Waals surface area contributed by atoms with E-state index in [4.69, 9.17) is 0 Å². The molecule has 0 radical (unpaired) electrons. The zero-order chi connectivity index (χ0) is 19.9. The SMILES string of the molecule is CN=C(NCc1ccc(CN2CCCC(C)C2)cc1)NCc1nc(C)c(C)s1.I. The lowest BCUT2D eigenvalue weighted by atomic mass is 9.99. The third-order valence-electron chi connectivity index (χ3n) is 5.33. The molecular formula is C22H34IN5S. The van der Waals surface area contributed by atoms with Gasteiger partial charge in [0.05, 0.1) is 12.2 Å². The highest BCUT2D eigenvalue weighted by Gasteiger charge is 2.16. The topological polar surface area (TPSA) is 52.6 Å². The third kappa shape index (κ3) is 7.53. The number of piperidine rings is 1. The maximum absolute atomic E-state index is 4.57. The Kier molecular flexibility index (Phi) is 9.85. The van der Waals surface area contributed by atoms with Crippen molar-refractivity contribution in [2.45, 2.75) is 53.2 Å². The van der Waals surface area contributed by atoms with Crippen LogP contribution in [0.1, 0.15) is 46.5 Å². The van der Waals surface area contributed by atoms with Gasteiger partial charge in [-0.25, -0.2) is 4.98 Å². The van der Waals surface area contributed by atoms with Crippen LogP contribution in [0.2, 0.25) is 0 Å². The van der Waals surface area contributed by atoms with E-state index in [1.165, 1.54) is 41.9 Å². The molecular weight excluding hydrogens is 493 g/mol. The number of aromatic nitrogens is 1. The molecule has 0 saturated carbocycles. The van der Waals surface area contributed by atoms with E-state index < -0.39 is 0 Å². The highest BCUT2D eigenvalue weighted by molar-refractivity contribution is 14.0. The van der Waals surface area contributed by atoms with Crippen molar-refractivity contribution in [3.8, 4) is 0 Å². The Morgan fingerprint density at radius 1 is 1.17 bits per heavy atom. The van der Waals surface area contributed by atoms with Crippen molar-refractivity contribution >= 4 is 41.3 Å². The summed E-state index contributed by atoms with van der Waals surface area (Å²) in [7, 11) is 1.80. The van der Waals surface area contributed by atoms with Crippen molar-refractivity contribution in [3.63, 3.8) is 0 Å². The molecule has 1 aliphatic rings. The summed E-state index contributed by atoms with van der Waals surface area (Å²) in [6.07, 6.45) is 2.70. The smallest absolute Gasteiger partial charge is 0.191 e. The Bertz CT molecular complexity index is 768. The second-order valence-corrected chi connectivity index (χ2v) is 9.12. The summed E-state index contributed by atoms with van der Waals surface area (Å²) in [6, 6.07) is 8.95. The molecule has 29 heavy (non-hydrogen) atoms. The van der Waals surface area contributed by atoms with Gasteiger partial charge in [-0.05, 0) is 50.3 Å². The maximum Gasteiger partial charge on any atom is 0.191 e. The summed E-state index contributed by atoms with van der Waals surface area (Å²) in [5.41, 5.74) is 3.78. The fraction of sp³-hybridized carbons (Fsp3) is 0.545. The Morgan fingerprint density at radius 3 is 2.48 bits per heavy atom. The molecule has 1 unspecified atom stereocenters. The number of halogens is 1. The summed E-state index contributed by atoms with van der Waals surface area (Å²) in [6.45, 7) is 11.5. The Morgan fingerprint density at radius 2 is 1.86 bits per heavy atom. The number of aliphatic imine (C=N–C) groups is 1. The first-order valence-electron chi connectivity index (χ1n) is 10.2. The van der Waals surface area contributed by atoms with Crippen LogP contribution < -0.4 is 10.6 Å². The third-order valence-corrected chi connectivity index (χ3v) is 6.41. The van der Waals surface area contributed by atoms with E-state index in [1.54, 1.807) is 18.4 Å². The monoisotopic (exact) mass is 527 g/mol. The molecule has 1 aliphatic heterocycles. The lowest BCUT2D eigenvalue weighted by Gasteiger charge is -2.30. The van der Waals surface area contributed by atoms with Crippen LogP contribution in [0.15, 0.2) is 29.3 Å². The van der Waals surface area contributed by atoms with E-state index in [2.05, 4.69) is 70.5 Å². The van der Waals surface area contributed by atoms with Gasteiger partial charge in [-0.3, -0.25) is 9.89 Å². The Labute approximate surface area is 196 Å². The number of benzene rings is 1. The van der Waals surface area contributed by atoms with Crippen molar-refractivity contribution < 1.29 is 0 Å². The highest BCUT2D eigenvalue weighted by Crippen LogP contribution is 2.18. The van der Waals surface area contributed by atoms with Gasteiger partial charge in [0.15, 0.2) is 5.96 Å². The molecule has 2 N–H and O–H groups in total. The molecule has 2 aromatic rings. The molecule has 1 aromatic carbocycles. The van der Waals surface area contributed by atoms with E-state index in [-0.39, 0.29) is 24.0 Å². The van der Waals surface area contributed by atoms with Gasteiger partial charge in [-0.15, -0.1) is 35.3 Å². The van der Waals surface area contributed by atoms with Crippen molar-refractivity contribution in [2.24, 2.45) is 10.9 Å². The number of aryl methyl sites for hydroxylation is 2. The first kappa shape index (κ1) is 24.1. The van der Waals surface area contributed by atoms with Crippen LogP contribution in [0.5, 0.6) is 0 Å². The minimum Gasteiger partial charge on any atom is -0.352 e. The second kappa shape index (κ2) is 11.9. The normalized spacial score (nSPS) is 17.7. The van der Waals surface area contributed by atoms with Gasteiger partial charge < -0.3 is 10.6 Å².